The molecule has 0 unspecified atom stereocenters. The molecule has 0 amide bonds. The van der Waals surface area contributed by atoms with Crippen molar-refractivity contribution in [1.29, 1.82) is 0 Å². The number of benzene rings is 1. The van der Waals surface area contributed by atoms with Gasteiger partial charge in [-0.15, -0.1) is 0 Å². The fourth-order valence-corrected chi connectivity index (χ4v) is 2.55. The molecule has 1 heterocycles. The minimum atomic E-state index is -0.658. The van der Waals surface area contributed by atoms with Crippen molar-refractivity contribution in [3.63, 3.8) is 0 Å². The second-order valence-electron chi connectivity index (χ2n) is 4.07. The van der Waals surface area contributed by atoms with Gasteiger partial charge in [0.2, 0.25) is 0 Å². The van der Waals surface area contributed by atoms with Crippen molar-refractivity contribution in [3.05, 3.63) is 33.9 Å². The summed E-state index contributed by atoms with van der Waals surface area (Å²) in [7, 11) is 0. The highest BCUT2D eigenvalue weighted by Crippen LogP contribution is 2.30. The number of esters is 1. The number of H-pyrrole nitrogens is 1. The Hall–Kier alpha value is -1.72. The Morgan fingerprint density at radius 3 is 2.85 bits per heavy atom. The van der Waals surface area contributed by atoms with Crippen LogP contribution in [-0.2, 0) is 16.0 Å². The van der Waals surface area contributed by atoms with Gasteiger partial charge in [0, 0.05) is 28.5 Å². The van der Waals surface area contributed by atoms with Crippen LogP contribution in [-0.4, -0.2) is 28.5 Å². The molecule has 0 atom stereocenters. The van der Waals surface area contributed by atoms with E-state index in [-0.39, 0.29) is 18.7 Å². The van der Waals surface area contributed by atoms with E-state index < -0.39 is 5.97 Å². The second kappa shape index (κ2) is 6.15. The first-order valence-corrected chi connectivity index (χ1v) is 6.65. The highest BCUT2D eigenvalue weighted by molar-refractivity contribution is 6.40. The third kappa shape index (κ3) is 2.89. The number of oxime groups is 1. The number of rotatable bonds is 4. The average Bonchev–Trinajstić information content (AvgIpc) is 2.79. The minimum absolute atomic E-state index is 0.0845. The van der Waals surface area contributed by atoms with Crippen molar-refractivity contribution < 1.29 is 14.7 Å². The maximum atomic E-state index is 11.6. The van der Waals surface area contributed by atoms with Crippen molar-refractivity contribution in [2.45, 2.75) is 13.3 Å². The smallest absolute Gasteiger partial charge is 0.356 e. The molecule has 0 aliphatic heterocycles. The number of nitrogens with zero attached hydrogens (tertiary/aromatic N) is 1. The largest absolute Gasteiger partial charge is 0.461 e. The molecule has 0 bridgehead atoms. The van der Waals surface area contributed by atoms with E-state index >= 15 is 0 Å². The van der Waals surface area contributed by atoms with Gasteiger partial charge in [-0.1, -0.05) is 28.4 Å². The summed E-state index contributed by atoms with van der Waals surface area (Å²) in [5.41, 5.74) is 1.39. The summed E-state index contributed by atoms with van der Waals surface area (Å²) in [6.07, 6.45) is 1.80. The Labute approximate surface area is 125 Å². The van der Waals surface area contributed by atoms with E-state index in [9.17, 15) is 4.79 Å². The molecule has 7 heteroatoms. The summed E-state index contributed by atoms with van der Waals surface area (Å²) in [5.74, 6) is -0.658. The molecule has 0 aliphatic rings. The maximum Gasteiger partial charge on any atom is 0.356 e. The summed E-state index contributed by atoms with van der Waals surface area (Å²) in [4.78, 5) is 14.6. The highest BCUT2D eigenvalue weighted by Gasteiger charge is 2.18. The van der Waals surface area contributed by atoms with Gasteiger partial charge in [-0.3, -0.25) is 0 Å². The third-order valence-electron chi connectivity index (χ3n) is 2.77. The Kier molecular flexibility index (Phi) is 4.52. The van der Waals surface area contributed by atoms with Crippen molar-refractivity contribution in [2.75, 3.05) is 6.61 Å². The number of aromatic amines is 1. The number of halogens is 2. The zero-order valence-electron chi connectivity index (χ0n) is 10.6. The first-order valence-electron chi connectivity index (χ1n) is 5.89. The van der Waals surface area contributed by atoms with E-state index in [1.807, 2.05) is 0 Å². The van der Waals surface area contributed by atoms with Crippen LogP contribution in [0.25, 0.3) is 10.9 Å². The van der Waals surface area contributed by atoms with Crippen molar-refractivity contribution in [3.8, 4) is 0 Å². The number of nitrogens with one attached hydrogen (secondary N) is 1. The summed E-state index contributed by atoms with van der Waals surface area (Å²) in [5, 5.41) is 13.6. The first kappa shape index (κ1) is 14.7. The minimum Gasteiger partial charge on any atom is -0.461 e. The van der Waals surface area contributed by atoms with Crippen LogP contribution in [0.2, 0.25) is 10.0 Å². The van der Waals surface area contributed by atoms with Gasteiger partial charge in [-0.25, -0.2) is 4.79 Å². The van der Waals surface area contributed by atoms with E-state index in [0.29, 0.717) is 10.0 Å². The molecule has 0 saturated carbocycles. The SMILES string of the molecule is CCOC(=O)/C(Cc1c[nH]c2cc(Cl)cc(Cl)c12)=N\O. The molecule has 2 rings (SSSR count). The molecule has 20 heavy (non-hydrogen) atoms. The number of carbonyl (C=O) groups is 1. The van der Waals surface area contributed by atoms with Gasteiger partial charge in [0.15, 0.2) is 5.71 Å². The molecule has 0 fully saturated rings. The van der Waals surface area contributed by atoms with E-state index in [1.54, 1.807) is 25.3 Å². The molecule has 1 aromatic carbocycles. The summed E-state index contributed by atoms with van der Waals surface area (Å²) in [6, 6.07) is 3.34. The predicted molar refractivity (Wildman–Crippen MR) is 77.9 cm³/mol. The third-order valence-corrected chi connectivity index (χ3v) is 3.28. The Morgan fingerprint density at radius 1 is 1.45 bits per heavy atom. The average molecular weight is 315 g/mol. The van der Waals surface area contributed by atoms with E-state index in [2.05, 4.69) is 10.1 Å². The van der Waals surface area contributed by atoms with E-state index in [0.717, 1.165) is 16.5 Å². The van der Waals surface area contributed by atoms with Crippen LogP contribution in [0, 0.1) is 0 Å². The Morgan fingerprint density at radius 2 is 2.20 bits per heavy atom. The van der Waals surface area contributed by atoms with Gasteiger partial charge in [0.1, 0.15) is 0 Å². The lowest BCUT2D eigenvalue weighted by Crippen LogP contribution is -2.19. The van der Waals surface area contributed by atoms with Crippen molar-refractivity contribution in [2.24, 2.45) is 5.16 Å². The topological polar surface area (TPSA) is 74.7 Å². The molecule has 0 radical (unpaired) electrons. The fourth-order valence-electron chi connectivity index (χ4n) is 1.93. The van der Waals surface area contributed by atoms with Crippen LogP contribution in [0.3, 0.4) is 0 Å². The maximum absolute atomic E-state index is 11.6. The predicted octanol–water partition coefficient (Wildman–Crippen LogP) is 3.41. The highest BCUT2D eigenvalue weighted by atomic mass is 35.5. The lowest BCUT2D eigenvalue weighted by atomic mass is 10.1. The van der Waals surface area contributed by atoms with Gasteiger partial charge in [-0.05, 0) is 24.6 Å². The van der Waals surface area contributed by atoms with Crippen LogP contribution >= 0.6 is 23.2 Å². The molecule has 2 aromatic rings. The summed E-state index contributed by atoms with van der Waals surface area (Å²) < 4.78 is 4.81. The van der Waals surface area contributed by atoms with Crippen molar-refractivity contribution >= 4 is 45.8 Å². The molecular formula is C13H12Cl2N2O3. The van der Waals surface area contributed by atoms with Gasteiger partial charge in [-0.2, -0.15) is 0 Å². The Balaban J connectivity index is 2.37. The van der Waals surface area contributed by atoms with Crippen LogP contribution in [0.1, 0.15) is 12.5 Å². The summed E-state index contributed by atoms with van der Waals surface area (Å²) in [6.45, 7) is 1.89. The van der Waals surface area contributed by atoms with Gasteiger partial charge >= 0.3 is 5.97 Å². The van der Waals surface area contributed by atoms with Crippen molar-refractivity contribution in [1.82, 2.24) is 4.98 Å². The molecule has 1 aromatic heterocycles. The second-order valence-corrected chi connectivity index (χ2v) is 4.91. The number of aromatic nitrogens is 1. The zero-order valence-corrected chi connectivity index (χ0v) is 12.1. The van der Waals surface area contributed by atoms with E-state index in [1.165, 1.54) is 0 Å². The number of hydrogen-bond acceptors (Lipinski definition) is 4. The standard InChI is InChI=1S/C13H12Cl2N2O3/c1-2-20-13(18)11(17-19)3-7-6-16-10-5-8(14)4-9(15)12(7)10/h4-6,16,19H,2-3H2,1H3/b17-11-. The fraction of sp³-hybridized carbons (Fsp3) is 0.231. The van der Waals surface area contributed by atoms with Crippen LogP contribution in [0.5, 0.6) is 0 Å². The zero-order chi connectivity index (χ0) is 14.7. The lowest BCUT2D eigenvalue weighted by molar-refractivity contribution is -0.135. The van der Waals surface area contributed by atoms with E-state index in [4.69, 9.17) is 33.1 Å². The van der Waals surface area contributed by atoms with Gasteiger partial charge < -0.3 is 14.9 Å². The summed E-state index contributed by atoms with van der Waals surface area (Å²) >= 11 is 12.1. The molecule has 2 N–H and O–H groups in total. The Bertz CT molecular complexity index is 680. The molecule has 0 saturated heterocycles. The van der Waals surface area contributed by atoms with Crippen LogP contribution < -0.4 is 0 Å². The van der Waals surface area contributed by atoms with Gasteiger partial charge in [0.25, 0.3) is 0 Å². The van der Waals surface area contributed by atoms with Crippen LogP contribution in [0.4, 0.5) is 0 Å². The molecule has 5 nitrogen and oxygen atoms in total. The molecule has 0 aliphatic carbocycles. The van der Waals surface area contributed by atoms with Gasteiger partial charge in [0.05, 0.1) is 11.6 Å². The number of hydrogen-bond donors (Lipinski definition) is 2. The molecule has 106 valence electrons. The first-order chi connectivity index (χ1) is 9.56. The lowest BCUT2D eigenvalue weighted by Gasteiger charge is -2.04. The number of ether oxygens (including phenoxy) is 1. The molecule has 0 spiro atoms. The number of fused-ring (bicyclic) bond motifs is 1. The molecular weight excluding hydrogens is 303 g/mol. The normalized spacial score (nSPS) is 11.8. The van der Waals surface area contributed by atoms with Crippen LogP contribution in [0.15, 0.2) is 23.5 Å². The monoisotopic (exact) mass is 314 g/mol. The quantitative estimate of drug-likeness (QED) is 0.393. The number of carbonyl (C=O) groups excluding carboxylic acids is 1.